The zero-order chi connectivity index (χ0) is 22.6. The molecule has 0 aromatic heterocycles. The van der Waals surface area contributed by atoms with Gasteiger partial charge < -0.3 is 19.8 Å². The molecule has 14 heteroatoms. The Balaban J connectivity index is 3.29. The van der Waals surface area contributed by atoms with Crippen molar-refractivity contribution in [2.24, 2.45) is 0 Å². The zero-order valence-electron chi connectivity index (χ0n) is 12.9. The van der Waals surface area contributed by atoms with Crippen molar-refractivity contribution in [2.75, 3.05) is 0 Å². The number of carboxylic acid groups (broad SMARTS) is 2. The smallest absolute Gasteiger partial charge is 0.105 e. The van der Waals surface area contributed by atoms with E-state index in [1.165, 1.54) is 0 Å². The molecule has 0 unspecified atom stereocenters. The van der Waals surface area contributed by atoms with Gasteiger partial charge in [0.15, 0.2) is 0 Å². The molecule has 0 N–H and O–H groups in total. The Morgan fingerprint density at radius 1 is 0.448 bits per heavy atom. The second-order valence-corrected chi connectivity index (χ2v) is 8.99. The minimum atomic E-state index is -3.38. The predicted molar refractivity (Wildman–Crippen MR) is 114 cm³/mol. The predicted octanol–water partition coefficient (Wildman–Crippen LogP) is 6.01. The monoisotopic (exact) mass is 594 g/mol. The highest BCUT2D eigenvalue weighted by Gasteiger charge is 2.47. The van der Waals surface area contributed by atoms with Crippen LogP contribution in [-0.4, -0.2) is 11.9 Å². The molecular formula is C15Cl10O4-2. The lowest BCUT2D eigenvalue weighted by molar-refractivity contribution is -0.332. The lowest BCUT2D eigenvalue weighted by atomic mass is 9.74. The van der Waals surface area contributed by atoms with Crippen molar-refractivity contribution in [3.8, 4) is 0 Å². The quantitative estimate of drug-likeness (QED) is 0.246. The largest absolute Gasteiger partial charge is 0.548 e. The van der Waals surface area contributed by atoms with E-state index in [0.29, 0.717) is 0 Å². The molecule has 0 aliphatic carbocycles. The molecule has 0 aliphatic rings. The summed E-state index contributed by atoms with van der Waals surface area (Å²) in [7, 11) is 0. The molecule has 0 aliphatic heterocycles. The van der Waals surface area contributed by atoms with Gasteiger partial charge in [-0.3, -0.25) is 0 Å². The van der Waals surface area contributed by atoms with Crippen LogP contribution in [0.25, 0.3) is 0 Å². The second kappa shape index (κ2) is 9.03. The third-order valence-electron chi connectivity index (χ3n) is 3.78. The fourth-order valence-corrected chi connectivity index (χ4v) is 5.33. The van der Waals surface area contributed by atoms with Crippen molar-refractivity contribution in [1.29, 1.82) is 0 Å². The van der Waals surface area contributed by atoms with Gasteiger partial charge in [-0.1, -0.05) is 116 Å². The number of carbonyl (C=O) groups excluding carboxylic acids is 2. The standard InChI is InChI=1S/C15H2Cl10O4/c16-3-1(4(17)8(21)11(24)7(3)20)15(13(26)27,14(28)29)2-5(18)9(22)12(25)10(23)6(2)19/h(H,26,27)(H,28,29)/p-2. The number of carboxylic acids is 2. The van der Waals surface area contributed by atoms with Crippen LogP contribution >= 0.6 is 116 Å². The van der Waals surface area contributed by atoms with Gasteiger partial charge in [-0.05, 0) is 0 Å². The van der Waals surface area contributed by atoms with E-state index in [2.05, 4.69) is 0 Å². The first kappa shape index (κ1) is 25.5. The molecule has 4 nitrogen and oxygen atoms in total. The van der Waals surface area contributed by atoms with Crippen LogP contribution in [0.15, 0.2) is 0 Å². The Hall–Kier alpha value is 0.280. The van der Waals surface area contributed by atoms with Crippen molar-refractivity contribution in [2.45, 2.75) is 5.41 Å². The highest BCUT2D eigenvalue weighted by Crippen LogP contribution is 2.55. The average Bonchev–Trinajstić information content (AvgIpc) is 2.65. The minimum absolute atomic E-state index is 0.373. The van der Waals surface area contributed by atoms with Gasteiger partial charge in [-0.15, -0.1) is 0 Å². The van der Waals surface area contributed by atoms with E-state index in [-0.39, 0.29) is 10.0 Å². The number of benzene rings is 2. The van der Waals surface area contributed by atoms with Gasteiger partial charge in [-0.2, -0.15) is 0 Å². The van der Waals surface area contributed by atoms with Crippen molar-refractivity contribution in [3.05, 3.63) is 61.4 Å². The molecule has 156 valence electrons. The summed E-state index contributed by atoms with van der Waals surface area (Å²) in [6.07, 6.45) is 0. The van der Waals surface area contributed by atoms with Gasteiger partial charge in [0.05, 0.1) is 62.2 Å². The molecule has 2 rings (SSSR count). The van der Waals surface area contributed by atoms with Crippen LogP contribution in [0.3, 0.4) is 0 Å². The molecular weight excluding hydrogens is 599 g/mol. The maximum absolute atomic E-state index is 12.3. The lowest BCUT2D eigenvalue weighted by Gasteiger charge is -2.40. The van der Waals surface area contributed by atoms with Crippen LogP contribution in [0.2, 0.25) is 50.2 Å². The number of halogens is 10. The molecule has 29 heavy (non-hydrogen) atoms. The van der Waals surface area contributed by atoms with E-state index in [9.17, 15) is 19.8 Å². The first-order valence-electron chi connectivity index (χ1n) is 6.71. The van der Waals surface area contributed by atoms with E-state index in [1.54, 1.807) is 0 Å². The van der Waals surface area contributed by atoms with Crippen molar-refractivity contribution < 1.29 is 19.8 Å². The third-order valence-corrected chi connectivity index (χ3v) is 8.34. The second-order valence-electron chi connectivity index (χ2n) is 5.21. The maximum atomic E-state index is 12.3. The summed E-state index contributed by atoms with van der Waals surface area (Å²) in [5, 5.41) is 19.0. The van der Waals surface area contributed by atoms with E-state index in [1.807, 2.05) is 0 Å². The summed E-state index contributed by atoms with van der Waals surface area (Å²) in [5.41, 5.74) is -5.16. The Bertz CT molecular complexity index is 938. The average molecular weight is 599 g/mol. The summed E-state index contributed by atoms with van der Waals surface area (Å²) in [6.45, 7) is 0. The molecule has 0 radical (unpaired) electrons. The summed E-state index contributed by atoms with van der Waals surface area (Å²) in [6, 6.07) is 0. The molecule has 0 saturated heterocycles. The van der Waals surface area contributed by atoms with Crippen LogP contribution in [-0.2, 0) is 15.0 Å². The van der Waals surface area contributed by atoms with Gasteiger partial charge in [-0.25, -0.2) is 0 Å². The summed E-state index contributed by atoms with van der Waals surface area (Å²) in [5.74, 6) is -4.65. The van der Waals surface area contributed by atoms with Crippen LogP contribution in [0.1, 0.15) is 11.1 Å². The zero-order valence-corrected chi connectivity index (χ0v) is 20.5. The van der Waals surface area contributed by atoms with Crippen LogP contribution < -0.4 is 10.2 Å². The molecule has 0 fully saturated rings. The summed E-state index contributed by atoms with van der Waals surface area (Å²) >= 11 is 60.0. The molecule has 0 spiro atoms. The van der Waals surface area contributed by atoms with Gasteiger partial charge in [0, 0.05) is 11.1 Å². The molecule has 0 bridgehead atoms. The molecule has 0 atom stereocenters. The number of hydrogen-bond acceptors (Lipinski definition) is 4. The SMILES string of the molecule is O=C([O-])C(C(=O)[O-])(c1c(Cl)c(Cl)c(Cl)c(Cl)c1Cl)c1c(Cl)c(Cl)c(Cl)c(Cl)c1Cl. The topological polar surface area (TPSA) is 80.3 Å². The number of rotatable bonds is 4. The fraction of sp³-hybridized carbons (Fsp3) is 0.0667. The van der Waals surface area contributed by atoms with E-state index < -0.39 is 68.7 Å². The van der Waals surface area contributed by atoms with Crippen molar-refractivity contribution >= 4 is 128 Å². The molecule has 0 amide bonds. The molecule has 2 aromatic rings. The fourth-order valence-electron chi connectivity index (χ4n) is 2.48. The highest BCUT2D eigenvalue weighted by molar-refractivity contribution is 6.57. The van der Waals surface area contributed by atoms with Crippen molar-refractivity contribution in [3.63, 3.8) is 0 Å². The van der Waals surface area contributed by atoms with Gasteiger partial charge in [0.2, 0.25) is 0 Å². The first-order valence-corrected chi connectivity index (χ1v) is 10.5. The van der Waals surface area contributed by atoms with E-state index in [0.717, 1.165) is 0 Å². The maximum Gasteiger partial charge on any atom is 0.105 e. The number of aliphatic carboxylic acids is 2. The van der Waals surface area contributed by atoms with Gasteiger partial charge >= 0.3 is 0 Å². The van der Waals surface area contributed by atoms with Crippen molar-refractivity contribution in [1.82, 2.24) is 0 Å². The third kappa shape index (κ3) is 3.74. The summed E-state index contributed by atoms with van der Waals surface area (Å²) < 4.78 is 0. The molecule has 0 heterocycles. The van der Waals surface area contributed by atoms with Gasteiger partial charge in [0.25, 0.3) is 0 Å². The first-order chi connectivity index (χ1) is 13.2. The van der Waals surface area contributed by atoms with Gasteiger partial charge in [0.1, 0.15) is 5.41 Å². The Labute approximate surface area is 213 Å². The van der Waals surface area contributed by atoms with E-state index in [4.69, 9.17) is 116 Å². The molecule has 2 aromatic carbocycles. The van der Waals surface area contributed by atoms with E-state index >= 15 is 0 Å². The normalized spacial score (nSPS) is 11.7. The number of carbonyl (C=O) groups is 2. The Morgan fingerprint density at radius 3 is 0.793 bits per heavy atom. The summed E-state index contributed by atoms with van der Waals surface area (Å²) in [4.78, 5) is 24.6. The Morgan fingerprint density at radius 2 is 0.621 bits per heavy atom. The van der Waals surface area contributed by atoms with Crippen LogP contribution in [0, 0.1) is 0 Å². The lowest BCUT2D eigenvalue weighted by Crippen LogP contribution is -2.58. The Kier molecular flexibility index (Phi) is 7.95. The molecule has 0 saturated carbocycles. The number of hydrogen-bond donors (Lipinski definition) is 0. The highest BCUT2D eigenvalue weighted by atomic mass is 35.5. The minimum Gasteiger partial charge on any atom is -0.548 e. The van der Waals surface area contributed by atoms with Crippen LogP contribution in [0.5, 0.6) is 0 Å². The van der Waals surface area contributed by atoms with Crippen LogP contribution in [0.4, 0.5) is 0 Å².